The van der Waals surface area contributed by atoms with Crippen LogP contribution in [0.15, 0.2) is 18.6 Å². The van der Waals surface area contributed by atoms with Crippen LogP contribution in [0, 0.1) is 0 Å². The molecule has 0 spiro atoms. The summed E-state index contributed by atoms with van der Waals surface area (Å²) in [7, 11) is -10.1. The fourth-order valence-corrected chi connectivity index (χ4v) is 16.1. The number of nitrogens with one attached hydrogen (secondary N) is 3. The SMILES string of the molecule is O=C(CC[P+](=O)CN1CCN(CP(=O)(O)CCC(=O)NCc2cn(CCOCCOCCO[C@@H]3O[C@H](CO)[C@@H](O)[C@H](O)[C@H]3O)nn2)CCN(CP(=O)(O)CCC(=O)NCc2cn(CCOCCOCCO[C@@H]3O[C@H](CO)[C@@H](O)[C@H](O)[C@H]3O)nn2)CC1)NCc1cn(CCOCCOCCO[C@@H]2O[C@H](CO)[C@@H](O)[C@H](O)[C@H]2O)nn1. The lowest BCUT2D eigenvalue weighted by molar-refractivity contribution is -0.302. The summed E-state index contributed by atoms with van der Waals surface area (Å²) in [5.74, 6) is -1.44. The normalized spacial score (nSPS) is 26.9. The fourth-order valence-electron chi connectivity index (χ4n) is 11.6. The van der Waals surface area contributed by atoms with E-state index in [1.54, 1.807) is 28.4 Å². The molecule has 4 fully saturated rings. The van der Waals surface area contributed by atoms with Gasteiger partial charge in [-0.05, 0) is 0 Å². The van der Waals surface area contributed by atoms with Crippen LogP contribution in [0.1, 0.15) is 36.3 Å². The van der Waals surface area contributed by atoms with E-state index in [0.29, 0.717) is 36.7 Å². The fraction of sp³-hybridized carbons (Fsp3) is 0.857. The molecule has 17 N–H and O–H groups in total. The summed E-state index contributed by atoms with van der Waals surface area (Å²) in [6, 6.07) is 0. The van der Waals surface area contributed by atoms with Gasteiger partial charge in [0.1, 0.15) is 90.3 Å². The summed E-state index contributed by atoms with van der Waals surface area (Å²) >= 11 is 0. The van der Waals surface area contributed by atoms with Crippen LogP contribution in [0.5, 0.6) is 0 Å². The highest BCUT2D eigenvalue weighted by molar-refractivity contribution is 7.58. The van der Waals surface area contributed by atoms with Gasteiger partial charge in [0, 0.05) is 64.4 Å². The first-order chi connectivity index (χ1) is 54.2. The summed E-state index contributed by atoms with van der Waals surface area (Å²) in [6.45, 7) is 2.52. The molecule has 646 valence electrons. The number of aromatic nitrogens is 9. The summed E-state index contributed by atoms with van der Waals surface area (Å²) in [5, 5.41) is 150. The first-order valence-electron chi connectivity index (χ1n) is 37.1. The van der Waals surface area contributed by atoms with Gasteiger partial charge in [-0.2, -0.15) is 0 Å². The lowest BCUT2D eigenvalue weighted by Gasteiger charge is -2.39. The van der Waals surface area contributed by atoms with E-state index in [0.717, 1.165) is 0 Å². The Morgan fingerprint density at radius 2 is 0.699 bits per heavy atom. The molecule has 0 radical (unpaired) electrons. The van der Waals surface area contributed by atoms with Crippen LogP contribution in [0.4, 0.5) is 0 Å². The Labute approximate surface area is 651 Å². The molecule has 113 heavy (non-hydrogen) atoms. The molecule has 0 aliphatic carbocycles. The molecular weight excluding hydrogens is 1570 g/mol. The zero-order valence-corrected chi connectivity index (χ0v) is 65.5. The van der Waals surface area contributed by atoms with E-state index in [1.165, 1.54) is 14.0 Å². The lowest BCUT2D eigenvalue weighted by atomic mass is 9.99. The maximum Gasteiger partial charge on any atom is 0.354 e. The maximum absolute atomic E-state index is 13.9. The molecule has 3 amide bonds. The van der Waals surface area contributed by atoms with E-state index in [4.69, 9.17) is 56.8 Å². The molecule has 3 aromatic rings. The number of nitrogens with zero attached hydrogens (tertiary/aromatic N) is 12. The smallest absolute Gasteiger partial charge is 0.354 e. The Morgan fingerprint density at radius 3 is 1.01 bits per heavy atom. The second-order valence-electron chi connectivity index (χ2n) is 27.0. The molecule has 3 aromatic heterocycles. The Hall–Kier alpha value is -4.77. The first-order valence-corrected chi connectivity index (χ1v) is 42.8. The monoisotopic (exact) mass is 1680 g/mol. The Morgan fingerprint density at radius 1 is 0.416 bits per heavy atom. The second-order valence-corrected chi connectivity index (χ2v) is 33.5. The minimum absolute atomic E-state index is 0.00619. The minimum Gasteiger partial charge on any atom is -0.394 e. The molecule has 3 unspecified atom stereocenters. The molecule has 0 saturated carbocycles. The van der Waals surface area contributed by atoms with Crippen molar-refractivity contribution >= 4 is 40.3 Å². The van der Waals surface area contributed by atoms with Gasteiger partial charge >= 0.3 is 7.80 Å². The number of aliphatic hydroxyl groups is 12. The lowest BCUT2D eigenvalue weighted by Crippen LogP contribution is -2.59. The van der Waals surface area contributed by atoms with Gasteiger partial charge in [-0.15, -0.1) is 15.3 Å². The topological polar surface area (TPSA) is 634 Å². The van der Waals surface area contributed by atoms with E-state index in [9.17, 15) is 99.1 Å². The van der Waals surface area contributed by atoms with Gasteiger partial charge in [0.15, 0.2) is 31.3 Å². The van der Waals surface area contributed by atoms with E-state index < -0.39 is 152 Å². The van der Waals surface area contributed by atoms with Crippen LogP contribution in [-0.2, 0) is 124 Å². The van der Waals surface area contributed by atoms with Crippen molar-refractivity contribution in [2.24, 2.45) is 0 Å². The highest BCUT2D eigenvalue weighted by Crippen LogP contribution is 2.43. The van der Waals surface area contributed by atoms with Gasteiger partial charge in [0.25, 0.3) is 0 Å². The van der Waals surface area contributed by atoms with E-state index >= 15 is 0 Å². The van der Waals surface area contributed by atoms with Crippen molar-refractivity contribution in [3.8, 4) is 0 Å². The van der Waals surface area contributed by atoms with Gasteiger partial charge in [-0.1, -0.05) is 20.2 Å². The number of hydrogen-bond acceptors (Lipinski definition) is 39. The molecule has 0 aromatic carbocycles. The van der Waals surface area contributed by atoms with Gasteiger partial charge in [-0.25, -0.2) is 14.0 Å². The highest BCUT2D eigenvalue weighted by Gasteiger charge is 2.47. The number of carbonyl (C=O) groups excluding carboxylic acids is 3. The van der Waals surface area contributed by atoms with Crippen molar-refractivity contribution in [3.05, 3.63) is 35.7 Å². The Kier molecular flexibility index (Phi) is 42.9. The number of carbonyl (C=O) groups is 3. The second kappa shape index (κ2) is 50.9. The highest BCUT2D eigenvalue weighted by atomic mass is 31.2. The predicted octanol–water partition coefficient (Wildman–Crippen LogP) is -9.41. The van der Waals surface area contributed by atoms with Crippen molar-refractivity contribution in [2.45, 2.75) is 151 Å². The molecule has 50 heteroatoms. The van der Waals surface area contributed by atoms with E-state index in [1.807, 2.05) is 4.90 Å². The molecule has 0 bridgehead atoms. The van der Waals surface area contributed by atoms with Crippen LogP contribution in [0.25, 0.3) is 0 Å². The summed E-state index contributed by atoms with van der Waals surface area (Å²) in [5.41, 5.74) is 1.27. The van der Waals surface area contributed by atoms with Gasteiger partial charge in [0.2, 0.25) is 32.5 Å². The Bertz CT molecular complexity index is 3180. The third-order valence-corrected chi connectivity index (χ3v) is 23.1. The minimum atomic E-state index is -4.06. The van der Waals surface area contributed by atoms with Crippen LogP contribution < -0.4 is 16.0 Å². The quantitative estimate of drug-likeness (QED) is 0.0184. The average molecular weight is 1690 g/mol. The van der Waals surface area contributed by atoms with E-state index in [-0.39, 0.29) is 215 Å². The molecule has 7 heterocycles. The molecular formula is C63H113N15O32P3+. The molecule has 4 saturated heterocycles. The van der Waals surface area contributed by atoms with Gasteiger partial charge < -0.3 is 144 Å². The third-order valence-electron chi connectivity index (χ3n) is 18.1. The van der Waals surface area contributed by atoms with Crippen LogP contribution in [0.2, 0.25) is 0 Å². The molecule has 18 atom stereocenters. The van der Waals surface area contributed by atoms with Gasteiger partial charge in [-0.3, -0.25) is 38.2 Å². The maximum atomic E-state index is 13.9. The number of amides is 3. The summed E-state index contributed by atoms with van der Waals surface area (Å²) < 4.78 is 111. The number of rotatable bonds is 54. The van der Waals surface area contributed by atoms with Crippen molar-refractivity contribution in [1.29, 1.82) is 0 Å². The van der Waals surface area contributed by atoms with Crippen LogP contribution in [0.3, 0.4) is 0 Å². The molecule has 4 aliphatic heterocycles. The van der Waals surface area contributed by atoms with Crippen molar-refractivity contribution in [3.63, 3.8) is 0 Å². The molecule has 4 aliphatic rings. The third kappa shape index (κ3) is 34.6. The number of aliphatic hydroxyl groups excluding tert-OH is 12. The van der Waals surface area contributed by atoms with Crippen molar-refractivity contribution in [2.75, 3.05) is 196 Å². The predicted molar refractivity (Wildman–Crippen MR) is 385 cm³/mol. The van der Waals surface area contributed by atoms with Gasteiger partial charge in [0.05, 0.1) is 196 Å². The standard InChI is InChI=1S/C63H112N15O32P3/c79-37-46-52(85)55(88)58(91)61(108-46)105-25-22-102-19-16-99-13-10-76-34-43(67-70-76)31-64-49(82)1-28-111(94)40-73-4-6-74(41-112(95,96)29-2-50(83)65-32-44-35-77(71-68-44)11-14-100-17-20-103-23-26-106-62-59(92)56(89)53(86)47(38-80)109-62)8-9-75(7-5-73)42-113(97,98)30-3-51(84)66-33-45-36-78(72-69-45)12-15-101-18-21-104-24-27-107-63-60(93)57(90)54(87)48(39-81)110-63/h34-36,46-48,52-63,79-81,85-93H,1-33,37-42H2,(H4-,64,65,66,82,83,84,95,96,97,98)/p+1/t46-,47-,48-,52-,53-,54-,55+,56+,57+,58-,59-,60-,61-,62-,63-/m1/s1. The number of ether oxygens (including phenoxy) is 12. The zero-order chi connectivity index (χ0) is 81.7. The molecule has 47 nitrogen and oxygen atoms in total. The summed E-state index contributed by atoms with van der Waals surface area (Å²) in [4.78, 5) is 67.1. The number of hydrogen-bond donors (Lipinski definition) is 17. The Balaban J connectivity index is 0.800. The first kappa shape index (κ1) is 95.4. The van der Waals surface area contributed by atoms with E-state index in [2.05, 4.69) is 46.9 Å². The van der Waals surface area contributed by atoms with Crippen molar-refractivity contribution < 1.29 is 156 Å². The average Bonchev–Trinajstić information content (AvgIpc) is 1.46. The zero-order valence-electron chi connectivity index (χ0n) is 62.8. The van der Waals surface area contributed by atoms with Crippen LogP contribution >= 0.6 is 22.5 Å². The molecule has 7 rings (SSSR count). The largest absolute Gasteiger partial charge is 0.394 e. The summed E-state index contributed by atoms with van der Waals surface area (Å²) in [6.07, 6.45) is -18.2. The van der Waals surface area contributed by atoms with Crippen LogP contribution in [-0.4, -0.2) is 436 Å². The van der Waals surface area contributed by atoms with Crippen molar-refractivity contribution in [1.82, 2.24) is 75.6 Å².